The van der Waals surface area contributed by atoms with E-state index in [1.165, 1.54) is 11.1 Å². The van der Waals surface area contributed by atoms with Gasteiger partial charge in [0.05, 0.1) is 13.0 Å². The molecule has 1 heterocycles. The van der Waals surface area contributed by atoms with E-state index < -0.39 is 11.9 Å². The zero-order valence-electron chi connectivity index (χ0n) is 14.1. The first-order valence-corrected chi connectivity index (χ1v) is 8.32. The van der Waals surface area contributed by atoms with E-state index in [1.54, 1.807) is 12.0 Å². The Kier molecular flexibility index (Phi) is 5.03. The van der Waals surface area contributed by atoms with E-state index in [0.29, 0.717) is 0 Å². The summed E-state index contributed by atoms with van der Waals surface area (Å²) in [6.45, 7) is 0.247. The first kappa shape index (κ1) is 17.0. The summed E-state index contributed by atoms with van der Waals surface area (Å²) in [5.41, 5.74) is 3.15. The van der Waals surface area contributed by atoms with Crippen LogP contribution < -0.4 is 9.64 Å². The molecule has 1 unspecified atom stereocenters. The minimum atomic E-state index is -0.911. The summed E-state index contributed by atoms with van der Waals surface area (Å²) in [7, 11) is 1.66. The van der Waals surface area contributed by atoms with Gasteiger partial charge in [-0.15, -0.1) is 0 Å². The molecule has 130 valence electrons. The third-order valence-corrected chi connectivity index (χ3v) is 4.56. The van der Waals surface area contributed by atoms with Crippen LogP contribution in [0.5, 0.6) is 5.75 Å². The monoisotopic (exact) mass is 339 g/mol. The molecule has 1 fully saturated rings. The number of aryl methyl sites for hydroxylation is 2. The molecule has 1 amide bonds. The lowest BCUT2D eigenvalue weighted by molar-refractivity contribution is -0.141. The van der Waals surface area contributed by atoms with Crippen molar-refractivity contribution in [3.63, 3.8) is 0 Å². The Morgan fingerprint density at radius 1 is 1.16 bits per heavy atom. The quantitative estimate of drug-likeness (QED) is 0.879. The van der Waals surface area contributed by atoms with Crippen molar-refractivity contribution in [2.45, 2.75) is 19.3 Å². The number of aliphatic carboxylic acids is 1. The molecule has 0 saturated carbocycles. The molecule has 0 radical (unpaired) electrons. The number of carboxylic acid groups (broad SMARTS) is 1. The van der Waals surface area contributed by atoms with Crippen LogP contribution in [-0.4, -0.2) is 30.6 Å². The predicted octanol–water partition coefficient (Wildman–Crippen LogP) is 2.92. The first-order chi connectivity index (χ1) is 12.1. The van der Waals surface area contributed by atoms with Crippen molar-refractivity contribution in [2.24, 2.45) is 5.92 Å². The number of anilines is 1. The van der Waals surface area contributed by atoms with Crippen molar-refractivity contribution in [1.29, 1.82) is 0 Å². The lowest BCUT2D eigenvalue weighted by Gasteiger charge is -2.16. The van der Waals surface area contributed by atoms with Gasteiger partial charge in [0, 0.05) is 18.7 Å². The minimum Gasteiger partial charge on any atom is -0.497 e. The van der Waals surface area contributed by atoms with Gasteiger partial charge < -0.3 is 14.7 Å². The lowest BCUT2D eigenvalue weighted by Crippen LogP contribution is -2.25. The van der Waals surface area contributed by atoms with E-state index in [1.807, 2.05) is 42.5 Å². The Labute approximate surface area is 146 Å². The normalized spacial score (nSPS) is 16.9. The van der Waals surface area contributed by atoms with Crippen LogP contribution in [0.25, 0.3) is 0 Å². The Morgan fingerprint density at radius 2 is 1.88 bits per heavy atom. The van der Waals surface area contributed by atoms with Crippen molar-refractivity contribution in [1.82, 2.24) is 0 Å². The van der Waals surface area contributed by atoms with E-state index in [2.05, 4.69) is 6.07 Å². The topological polar surface area (TPSA) is 66.8 Å². The van der Waals surface area contributed by atoms with Crippen LogP contribution in [-0.2, 0) is 22.4 Å². The maximum absolute atomic E-state index is 12.0. The Bertz CT molecular complexity index is 770. The Morgan fingerprint density at radius 3 is 2.52 bits per heavy atom. The van der Waals surface area contributed by atoms with Crippen molar-refractivity contribution in [3.05, 3.63) is 59.7 Å². The molecular weight excluding hydrogens is 318 g/mol. The second-order valence-corrected chi connectivity index (χ2v) is 6.26. The summed E-state index contributed by atoms with van der Waals surface area (Å²) < 4.78 is 5.24. The number of carboxylic acids is 1. The largest absolute Gasteiger partial charge is 0.497 e. The first-order valence-electron chi connectivity index (χ1n) is 8.32. The summed E-state index contributed by atoms with van der Waals surface area (Å²) in [6, 6.07) is 15.8. The van der Waals surface area contributed by atoms with Crippen LogP contribution in [0.15, 0.2) is 48.5 Å². The summed E-state index contributed by atoms with van der Waals surface area (Å²) >= 11 is 0. The molecule has 0 aliphatic carbocycles. The third kappa shape index (κ3) is 3.99. The second kappa shape index (κ2) is 7.38. The zero-order chi connectivity index (χ0) is 17.8. The summed E-state index contributed by atoms with van der Waals surface area (Å²) in [5, 5.41) is 9.07. The number of ether oxygens (including phenoxy) is 1. The van der Waals surface area contributed by atoms with Gasteiger partial charge in [-0.25, -0.2) is 0 Å². The van der Waals surface area contributed by atoms with Crippen molar-refractivity contribution in [3.8, 4) is 5.75 Å². The molecule has 2 aromatic rings. The smallest absolute Gasteiger partial charge is 0.308 e. The number of hydrogen-bond acceptors (Lipinski definition) is 3. The molecule has 1 aliphatic rings. The number of amides is 1. The molecule has 0 aromatic heterocycles. The average molecular weight is 339 g/mol. The molecule has 3 rings (SSSR count). The molecular formula is C20H21NO4. The summed E-state index contributed by atoms with van der Waals surface area (Å²) in [4.78, 5) is 24.6. The fourth-order valence-corrected chi connectivity index (χ4v) is 3.08. The number of carbonyl (C=O) groups is 2. The van der Waals surface area contributed by atoms with Gasteiger partial charge >= 0.3 is 5.97 Å². The van der Waals surface area contributed by atoms with Gasteiger partial charge in [0.1, 0.15) is 5.75 Å². The summed E-state index contributed by atoms with van der Waals surface area (Å²) in [6.07, 6.45) is 1.87. The maximum Gasteiger partial charge on any atom is 0.308 e. The van der Waals surface area contributed by atoms with Crippen molar-refractivity contribution < 1.29 is 19.4 Å². The van der Waals surface area contributed by atoms with Gasteiger partial charge in [0.25, 0.3) is 0 Å². The third-order valence-electron chi connectivity index (χ3n) is 4.56. The highest BCUT2D eigenvalue weighted by Gasteiger charge is 2.34. The van der Waals surface area contributed by atoms with Crippen LogP contribution in [0.2, 0.25) is 0 Å². The molecule has 1 N–H and O–H groups in total. The number of rotatable bonds is 6. The fraction of sp³-hybridized carbons (Fsp3) is 0.300. The highest BCUT2D eigenvalue weighted by molar-refractivity contribution is 5.99. The van der Waals surface area contributed by atoms with Crippen LogP contribution >= 0.6 is 0 Å². The molecule has 25 heavy (non-hydrogen) atoms. The van der Waals surface area contributed by atoms with Gasteiger partial charge in [-0.3, -0.25) is 9.59 Å². The molecule has 5 heteroatoms. The molecule has 1 aliphatic heterocycles. The van der Waals surface area contributed by atoms with Crippen LogP contribution in [0.3, 0.4) is 0 Å². The molecule has 1 saturated heterocycles. The van der Waals surface area contributed by atoms with E-state index in [0.717, 1.165) is 24.3 Å². The number of hydrogen-bond donors (Lipinski definition) is 1. The van der Waals surface area contributed by atoms with Gasteiger partial charge in [-0.05, 0) is 48.2 Å². The van der Waals surface area contributed by atoms with E-state index in [9.17, 15) is 9.59 Å². The number of carbonyl (C=O) groups excluding carboxylic acids is 1. The van der Waals surface area contributed by atoms with Gasteiger partial charge in [0.2, 0.25) is 5.91 Å². The van der Waals surface area contributed by atoms with E-state index >= 15 is 0 Å². The Balaban J connectivity index is 1.62. The van der Waals surface area contributed by atoms with Crippen LogP contribution in [0.1, 0.15) is 17.5 Å². The minimum absolute atomic E-state index is 0.0763. The lowest BCUT2D eigenvalue weighted by atomic mass is 10.0. The molecule has 5 nitrogen and oxygen atoms in total. The zero-order valence-corrected chi connectivity index (χ0v) is 14.1. The Hall–Kier alpha value is -2.82. The second-order valence-electron chi connectivity index (χ2n) is 6.26. The predicted molar refractivity (Wildman–Crippen MR) is 94.9 cm³/mol. The van der Waals surface area contributed by atoms with E-state index in [4.69, 9.17) is 9.84 Å². The van der Waals surface area contributed by atoms with Crippen LogP contribution in [0.4, 0.5) is 5.69 Å². The molecule has 0 spiro atoms. The fourth-order valence-electron chi connectivity index (χ4n) is 3.08. The summed E-state index contributed by atoms with van der Waals surface area (Å²) in [5.74, 6) is -0.795. The van der Waals surface area contributed by atoms with Crippen molar-refractivity contribution >= 4 is 17.6 Å². The van der Waals surface area contributed by atoms with Crippen molar-refractivity contribution in [2.75, 3.05) is 18.6 Å². The number of nitrogens with zero attached hydrogens (tertiary/aromatic N) is 1. The molecule has 2 aromatic carbocycles. The highest BCUT2D eigenvalue weighted by Crippen LogP contribution is 2.26. The molecule has 0 bridgehead atoms. The van der Waals surface area contributed by atoms with Crippen LogP contribution in [0, 0.1) is 5.92 Å². The van der Waals surface area contributed by atoms with Gasteiger partial charge in [-0.1, -0.05) is 24.3 Å². The van der Waals surface area contributed by atoms with E-state index in [-0.39, 0.29) is 18.9 Å². The van der Waals surface area contributed by atoms with Gasteiger partial charge in [0.15, 0.2) is 0 Å². The number of methoxy groups -OCH3 is 1. The maximum atomic E-state index is 12.0. The van der Waals surface area contributed by atoms with Gasteiger partial charge in [-0.2, -0.15) is 0 Å². The number of benzene rings is 2. The standard InChI is InChI=1S/C20H21NO4/c1-25-18-4-2-3-15(11-18)6-5-14-7-9-17(10-8-14)21-13-16(20(23)24)12-19(21)22/h2-4,7-11,16H,5-6,12-13H2,1H3,(H,23,24). The SMILES string of the molecule is COc1cccc(CCc2ccc(N3CC(C(=O)O)CC3=O)cc2)c1. The molecule has 1 atom stereocenters. The highest BCUT2D eigenvalue weighted by atomic mass is 16.5. The average Bonchev–Trinajstić information content (AvgIpc) is 3.03.